The SMILES string of the molecule is Cc1c(C=Nc2ccc(C(C)(C)C)cc2)c(O)n([C@@H]2CCS(=O)(=O)C2)c(=O)c1C#N. The van der Waals surface area contributed by atoms with Gasteiger partial charge in [-0.25, -0.2) is 8.42 Å². The van der Waals surface area contributed by atoms with Crippen molar-refractivity contribution in [3.05, 3.63) is 56.9 Å². The molecule has 1 aromatic carbocycles. The summed E-state index contributed by atoms with van der Waals surface area (Å²) in [6.45, 7) is 7.91. The van der Waals surface area contributed by atoms with Crippen LogP contribution in [0.2, 0.25) is 0 Å². The van der Waals surface area contributed by atoms with Gasteiger partial charge in [0.15, 0.2) is 9.84 Å². The minimum Gasteiger partial charge on any atom is -0.494 e. The molecular formula is C22H25N3O4S. The normalized spacial score (nSPS) is 18.6. The quantitative estimate of drug-likeness (QED) is 0.756. The zero-order valence-corrected chi connectivity index (χ0v) is 18.3. The predicted octanol–water partition coefficient (Wildman–Crippen LogP) is 3.14. The molecular weight excluding hydrogens is 402 g/mol. The average molecular weight is 428 g/mol. The first-order valence-corrected chi connectivity index (χ1v) is 11.5. The molecule has 1 fully saturated rings. The minimum atomic E-state index is -3.28. The average Bonchev–Trinajstić information content (AvgIpc) is 3.01. The lowest BCUT2D eigenvalue weighted by atomic mass is 9.87. The number of benzene rings is 1. The van der Waals surface area contributed by atoms with Crippen LogP contribution in [0.3, 0.4) is 0 Å². The van der Waals surface area contributed by atoms with Gasteiger partial charge in [-0.3, -0.25) is 14.4 Å². The Morgan fingerprint density at radius 3 is 2.40 bits per heavy atom. The van der Waals surface area contributed by atoms with Crippen LogP contribution in [0.5, 0.6) is 5.88 Å². The van der Waals surface area contributed by atoms with Crippen LogP contribution in [0.1, 0.15) is 55.5 Å². The van der Waals surface area contributed by atoms with Crippen molar-refractivity contribution in [3.8, 4) is 11.9 Å². The highest BCUT2D eigenvalue weighted by molar-refractivity contribution is 7.91. The fraction of sp³-hybridized carbons (Fsp3) is 0.409. The number of aromatic hydroxyl groups is 1. The number of pyridine rings is 1. The smallest absolute Gasteiger partial charge is 0.271 e. The summed E-state index contributed by atoms with van der Waals surface area (Å²) in [5.74, 6) is -0.657. The predicted molar refractivity (Wildman–Crippen MR) is 117 cm³/mol. The van der Waals surface area contributed by atoms with E-state index < -0.39 is 21.4 Å². The van der Waals surface area contributed by atoms with Gasteiger partial charge in [0.25, 0.3) is 5.56 Å². The first-order valence-electron chi connectivity index (χ1n) is 9.68. The lowest BCUT2D eigenvalue weighted by molar-refractivity contribution is 0.379. The molecule has 158 valence electrons. The third-order valence-corrected chi connectivity index (χ3v) is 7.19. The van der Waals surface area contributed by atoms with E-state index in [9.17, 15) is 23.6 Å². The highest BCUT2D eigenvalue weighted by atomic mass is 32.2. The van der Waals surface area contributed by atoms with Crippen molar-refractivity contribution in [2.24, 2.45) is 4.99 Å². The molecule has 1 aliphatic heterocycles. The number of hydrogen-bond acceptors (Lipinski definition) is 6. The molecule has 8 heteroatoms. The highest BCUT2D eigenvalue weighted by Gasteiger charge is 2.33. The van der Waals surface area contributed by atoms with Gasteiger partial charge in [-0.2, -0.15) is 5.26 Å². The molecule has 1 atom stereocenters. The number of rotatable bonds is 3. The van der Waals surface area contributed by atoms with Crippen LogP contribution in [0, 0.1) is 18.3 Å². The second-order valence-electron chi connectivity index (χ2n) is 8.64. The molecule has 0 amide bonds. The monoisotopic (exact) mass is 427 g/mol. The molecule has 1 N–H and O–H groups in total. The van der Waals surface area contributed by atoms with Crippen LogP contribution in [0.25, 0.3) is 0 Å². The van der Waals surface area contributed by atoms with E-state index >= 15 is 0 Å². The molecule has 0 radical (unpaired) electrons. The van der Waals surface area contributed by atoms with Crippen molar-refractivity contribution in [2.75, 3.05) is 11.5 Å². The fourth-order valence-corrected chi connectivity index (χ4v) is 5.30. The second kappa shape index (κ2) is 7.73. The van der Waals surface area contributed by atoms with Gasteiger partial charge in [-0.05, 0) is 42.0 Å². The summed E-state index contributed by atoms with van der Waals surface area (Å²) in [6.07, 6.45) is 1.63. The third-order valence-electron chi connectivity index (χ3n) is 5.44. The Balaban J connectivity index is 2.07. The van der Waals surface area contributed by atoms with E-state index in [0.29, 0.717) is 11.3 Å². The molecule has 0 spiro atoms. The summed E-state index contributed by atoms with van der Waals surface area (Å²) in [7, 11) is -3.28. The first-order chi connectivity index (χ1) is 13.9. The number of nitrogens with zero attached hydrogens (tertiary/aromatic N) is 3. The maximum absolute atomic E-state index is 12.7. The van der Waals surface area contributed by atoms with Crippen molar-refractivity contribution in [3.63, 3.8) is 0 Å². The summed E-state index contributed by atoms with van der Waals surface area (Å²) in [5, 5.41) is 20.3. The highest BCUT2D eigenvalue weighted by Crippen LogP contribution is 2.30. The number of aromatic nitrogens is 1. The van der Waals surface area contributed by atoms with Crippen molar-refractivity contribution < 1.29 is 13.5 Å². The van der Waals surface area contributed by atoms with Crippen LogP contribution >= 0.6 is 0 Å². The van der Waals surface area contributed by atoms with E-state index in [-0.39, 0.29) is 40.3 Å². The summed E-state index contributed by atoms with van der Waals surface area (Å²) in [5.41, 5.74) is 1.56. The van der Waals surface area contributed by atoms with Crippen molar-refractivity contribution in [1.82, 2.24) is 4.57 Å². The summed E-state index contributed by atoms with van der Waals surface area (Å²) in [4.78, 5) is 17.1. The van der Waals surface area contributed by atoms with Gasteiger partial charge in [0.2, 0.25) is 5.88 Å². The topological polar surface area (TPSA) is 113 Å². The van der Waals surface area contributed by atoms with E-state index in [1.807, 2.05) is 30.3 Å². The largest absolute Gasteiger partial charge is 0.494 e. The zero-order valence-electron chi connectivity index (χ0n) is 17.5. The van der Waals surface area contributed by atoms with E-state index in [0.717, 1.165) is 10.1 Å². The van der Waals surface area contributed by atoms with E-state index in [1.54, 1.807) is 6.92 Å². The molecule has 1 saturated heterocycles. The molecule has 2 heterocycles. The Morgan fingerprint density at radius 2 is 1.90 bits per heavy atom. The Bertz CT molecular complexity index is 1210. The van der Waals surface area contributed by atoms with Gasteiger partial charge in [-0.1, -0.05) is 32.9 Å². The standard InChI is InChI=1S/C22H25N3O4S/c1-14-18(11-23)20(26)25(17-9-10-30(28,29)13-17)21(27)19(14)12-24-16-7-5-15(6-8-16)22(2,3)4/h5-8,12,17,27H,9-10,13H2,1-4H3/t17-/m1/s1. The minimum absolute atomic E-state index is 0.00984. The summed E-state index contributed by atoms with van der Waals surface area (Å²) in [6, 6.07) is 8.85. The van der Waals surface area contributed by atoms with Crippen molar-refractivity contribution in [1.29, 1.82) is 5.26 Å². The Kier molecular flexibility index (Phi) is 5.61. The van der Waals surface area contributed by atoms with Gasteiger partial charge in [0, 0.05) is 6.21 Å². The molecule has 0 aliphatic carbocycles. The van der Waals surface area contributed by atoms with Gasteiger partial charge in [0.1, 0.15) is 11.6 Å². The third kappa shape index (κ3) is 4.17. The Hall–Kier alpha value is -2.92. The fourth-order valence-electron chi connectivity index (χ4n) is 3.60. The molecule has 0 unspecified atom stereocenters. The number of nitriles is 1. The Labute approximate surface area is 176 Å². The molecule has 2 aromatic rings. The zero-order chi connectivity index (χ0) is 22.3. The molecule has 7 nitrogen and oxygen atoms in total. The maximum Gasteiger partial charge on any atom is 0.271 e. The van der Waals surface area contributed by atoms with Gasteiger partial charge >= 0.3 is 0 Å². The lowest BCUT2D eigenvalue weighted by Gasteiger charge is -2.19. The second-order valence-corrected chi connectivity index (χ2v) is 10.9. The molecule has 3 rings (SSSR count). The molecule has 30 heavy (non-hydrogen) atoms. The van der Waals surface area contributed by atoms with Crippen molar-refractivity contribution >= 4 is 21.7 Å². The van der Waals surface area contributed by atoms with E-state index in [2.05, 4.69) is 25.8 Å². The number of sulfone groups is 1. The molecule has 1 aliphatic rings. The summed E-state index contributed by atoms with van der Waals surface area (Å²) < 4.78 is 24.8. The van der Waals surface area contributed by atoms with Crippen LogP contribution in [-0.4, -0.2) is 35.8 Å². The molecule has 0 bridgehead atoms. The van der Waals surface area contributed by atoms with E-state index in [1.165, 1.54) is 6.21 Å². The van der Waals surface area contributed by atoms with Crippen LogP contribution in [0.4, 0.5) is 5.69 Å². The van der Waals surface area contributed by atoms with Crippen LogP contribution in [-0.2, 0) is 15.3 Å². The van der Waals surface area contributed by atoms with E-state index in [4.69, 9.17) is 0 Å². The number of aliphatic imine (C=N–C) groups is 1. The van der Waals surface area contributed by atoms with Crippen LogP contribution < -0.4 is 5.56 Å². The molecule has 1 aromatic heterocycles. The Morgan fingerprint density at radius 1 is 1.27 bits per heavy atom. The van der Waals surface area contributed by atoms with Crippen LogP contribution in [0.15, 0.2) is 34.1 Å². The van der Waals surface area contributed by atoms with Gasteiger partial charge in [0.05, 0.1) is 28.8 Å². The number of hydrogen-bond donors (Lipinski definition) is 1. The molecule has 0 saturated carbocycles. The maximum atomic E-state index is 12.7. The first kappa shape index (κ1) is 21.8. The van der Waals surface area contributed by atoms with Crippen molar-refractivity contribution in [2.45, 2.75) is 45.6 Å². The lowest BCUT2D eigenvalue weighted by Crippen LogP contribution is -2.29. The van der Waals surface area contributed by atoms with Gasteiger partial charge in [-0.15, -0.1) is 0 Å². The van der Waals surface area contributed by atoms with Gasteiger partial charge < -0.3 is 5.11 Å². The summed E-state index contributed by atoms with van der Waals surface area (Å²) >= 11 is 0.